The maximum absolute atomic E-state index is 5.25. The number of hydrogen-bond donors (Lipinski definition) is 1. The van der Waals surface area contributed by atoms with Gasteiger partial charge in [0.1, 0.15) is 0 Å². The maximum atomic E-state index is 5.25. The van der Waals surface area contributed by atoms with Crippen LogP contribution >= 0.6 is 0 Å². The molecule has 20 heavy (non-hydrogen) atoms. The van der Waals surface area contributed by atoms with Crippen LogP contribution < -0.4 is 5.32 Å². The van der Waals surface area contributed by atoms with Gasteiger partial charge in [-0.05, 0) is 43.2 Å². The van der Waals surface area contributed by atoms with E-state index in [1.54, 1.807) is 11.1 Å². The van der Waals surface area contributed by atoms with Crippen LogP contribution in [-0.4, -0.2) is 32.8 Å². The molecule has 1 saturated carbocycles. The zero-order valence-electron chi connectivity index (χ0n) is 11.7. The molecule has 0 aliphatic heterocycles. The van der Waals surface area contributed by atoms with Gasteiger partial charge >= 0.3 is 0 Å². The van der Waals surface area contributed by atoms with E-state index in [0.717, 1.165) is 19.5 Å². The summed E-state index contributed by atoms with van der Waals surface area (Å²) in [5.41, 5.74) is 0. The molecule has 2 aromatic heterocycles. The summed E-state index contributed by atoms with van der Waals surface area (Å²) in [6, 6.07) is 4.38. The topological polar surface area (TPSA) is 68.8 Å². The Morgan fingerprint density at radius 2 is 2.20 bits per heavy atom. The highest BCUT2D eigenvalue weighted by Crippen LogP contribution is 2.17. The van der Waals surface area contributed by atoms with E-state index in [4.69, 9.17) is 4.42 Å². The predicted molar refractivity (Wildman–Crippen MR) is 75.0 cm³/mol. The average molecular weight is 275 g/mol. The van der Waals surface area contributed by atoms with Crippen molar-refractivity contribution in [1.82, 2.24) is 25.5 Å². The number of aromatic nitrogens is 4. The minimum absolute atomic E-state index is 0.551. The van der Waals surface area contributed by atoms with E-state index in [2.05, 4.69) is 20.7 Å². The Bertz CT molecular complexity index is 501. The van der Waals surface area contributed by atoms with Gasteiger partial charge in [-0.15, -0.1) is 10.2 Å². The van der Waals surface area contributed by atoms with Gasteiger partial charge in [0, 0.05) is 6.04 Å². The monoisotopic (exact) mass is 275 g/mol. The van der Waals surface area contributed by atoms with Crippen LogP contribution in [0, 0.1) is 0 Å². The summed E-state index contributed by atoms with van der Waals surface area (Å²) in [5.74, 6) is 1.21. The quantitative estimate of drug-likeness (QED) is 0.819. The molecule has 3 rings (SSSR count). The van der Waals surface area contributed by atoms with Crippen LogP contribution in [-0.2, 0) is 6.54 Å². The van der Waals surface area contributed by atoms with Crippen LogP contribution in [0.25, 0.3) is 11.6 Å². The van der Waals surface area contributed by atoms with Gasteiger partial charge < -0.3 is 9.73 Å². The van der Waals surface area contributed by atoms with Gasteiger partial charge in [-0.25, -0.2) is 0 Å². The molecule has 0 spiro atoms. The first-order valence-corrected chi connectivity index (χ1v) is 7.47. The summed E-state index contributed by atoms with van der Waals surface area (Å²) in [7, 11) is 0. The second-order valence-electron chi connectivity index (χ2n) is 5.33. The van der Waals surface area contributed by atoms with Gasteiger partial charge in [-0.3, -0.25) is 0 Å². The highest BCUT2D eigenvalue weighted by Gasteiger charge is 2.12. The molecule has 0 bridgehead atoms. The molecule has 1 aliphatic carbocycles. The Kier molecular flexibility index (Phi) is 4.42. The third kappa shape index (κ3) is 3.45. The van der Waals surface area contributed by atoms with Crippen molar-refractivity contribution in [1.29, 1.82) is 0 Å². The molecular formula is C14H21N5O. The second-order valence-corrected chi connectivity index (χ2v) is 5.33. The minimum Gasteiger partial charge on any atom is -0.461 e. The normalized spacial score (nSPS) is 16.6. The average Bonchev–Trinajstić information content (AvgIpc) is 3.15. The molecule has 1 N–H and O–H groups in total. The lowest BCUT2D eigenvalue weighted by molar-refractivity contribution is 0.364. The predicted octanol–water partition coefficient (Wildman–Crippen LogP) is 2.25. The zero-order chi connectivity index (χ0) is 13.6. The number of furan rings is 1. The third-order valence-electron chi connectivity index (χ3n) is 3.77. The summed E-state index contributed by atoms with van der Waals surface area (Å²) in [6.45, 7) is 1.80. The molecule has 0 aromatic carbocycles. The fourth-order valence-electron chi connectivity index (χ4n) is 2.68. The fraction of sp³-hybridized carbons (Fsp3) is 0.643. The second kappa shape index (κ2) is 6.65. The largest absolute Gasteiger partial charge is 0.461 e. The first kappa shape index (κ1) is 13.3. The Balaban J connectivity index is 1.40. The molecule has 1 aliphatic rings. The molecule has 0 unspecified atom stereocenters. The molecule has 0 amide bonds. The lowest BCUT2D eigenvalue weighted by Gasteiger charge is -2.22. The molecule has 0 saturated heterocycles. The lowest BCUT2D eigenvalue weighted by Crippen LogP contribution is -2.32. The molecule has 6 nitrogen and oxygen atoms in total. The van der Waals surface area contributed by atoms with Crippen molar-refractivity contribution in [2.45, 2.75) is 51.1 Å². The van der Waals surface area contributed by atoms with E-state index in [0.29, 0.717) is 17.6 Å². The van der Waals surface area contributed by atoms with Crippen LogP contribution in [0.1, 0.15) is 38.5 Å². The van der Waals surface area contributed by atoms with Crippen LogP contribution in [0.2, 0.25) is 0 Å². The number of tetrazole rings is 1. The van der Waals surface area contributed by atoms with Crippen molar-refractivity contribution in [2.75, 3.05) is 6.54 Å². The minimum atomic E-state index is 0.551. The molecule has 2 heterocycles. The third-order valence-corrected chi connectivity index (χ3v) is 3.77. The van der Waals surface area contributed by atoms with Crippen LogP contribution in [0.5, 0.6) is 0 Å². The Labute approximate surface area is 118 Å². The van der Waals surface area contributed by atoms with Crippen LogP contribution in [0.4, 0.5) is 0 Å². The summed E-state index contributed by atoms with van der Waals surface area (Å²) in [6.07, 6.45) is 9.42. The highest BCUT2D eigenvalue weighted by molar-refractivity contribution is 5.43. The summed E-state index contributed by atoms with van der Waals surface area (Å²) in [4.78, 5) is 1.64. The van der Waals surface area contributed by atoms with E-state index in [9.17, 15) is 0 Å². The SMILES string of the molecule is c1coc(-c2nnn(CCCNC3CCCCC3)n2)c1. The number of rotatable bonds is 6. The molecule has 0 radical (unpaired) electrons. The zero-order valence-corrected chi connectivity index (χ0v) is 11.7. The molecule has 2 aromatic rings. The molecular weight excluding hydrogens is 254 g/mol. The van der Waals surface area contributed by atoms with Gasteiger partial charge in [0.2, 0.25) is 5.82 Å². The lowest BCUT2D eigenvalue weighted by atomic mass is 9.95. The number of nitrogens with zero attached hydrogens (tertiary/aromatic N) is 4. The van der Waals surface area contributed by atoms with Gasteiger partial charge in [0.05, 0.1) is 12.8 Å². The van der Waals surface area contributed by atoms with E-state index >= 15 is 0 Å². The fourth-order valence-corrected chi connectivity index (χ4v) is 2.68. The van der Waals surface area contributed by atoms with Crippen LogP contribution in [0.3, 0.4) is 0 Å². The van der Waals surface area contributed by atoms with Gasteiger partial charge in [-0.2, -0.15) is 4.80 Å². The molecule has 108 valence electrons. The van der Waals surface area contributed by atoms with E-state index < -0.39 is 0 Å². The van der Waals surface area contributed by atoms with E-state index in [1.807, 2.05) is 12.1 Å². The van der Waals surface area contributed by atoms with Crippen molar-refractivity contribution in [3.63, 3.8) is 0 Å². The Morgan fingerprint density at radius 3 is 3.00 bits per heavy atom. The van der Waals surface area contributed by atoms with E-state index in [1.165, 1.54) is 32.1 Å². The van der Waals surface area contributed by atoms with Crippen molar-refractivity contribution in [2.24, 2.45) is 0 Å². The van der Waals surface area contributed by atoms with Gasteiger partial charge in [-0.1, -0.05) is 19.3 Å². The first-order valence-electron chi connectivity index (χ1n) is 7.47. The van der Waals surface area contributed by atoms with Crippen molar-refractivity contribution in [3.05, 3.63) is 18.4 Å². The highest BCUT2D eigenvalue weighted by atomic mass is 16.3. The summed E-state index contributed by atoms with van der Waals surface area (Å²) >= 11 is 0. The number of aryl methyl sites for hydroxylation is 1. The molecule has 1 fully saturated rings. The molecule has 0 atom stereocenters. The summed E-state index contributed by atoms with van der Waals surface area (Å²) < 4.78 is 5.25. The van der Waals surface area contributed by atoms with Crippen molar-refractivity contribution in [3.8, 4) is 11.6 Å². The van der Waals surface area contributed by atoms with Crippen molar-refractivity contribution >= 4 is 0 Å². The smallest absolute Gasteiger partial charge is 0.240 e. The first-order chi connectivity index (χ1) is 9.92. The van der Waals surface area contributed by atoms with E-state index in [-0.39, 0.29) is 0 Å². The summed E-state index contributed by atoms with van der Waals surface area (Å²) in [5, 5.41) is 16.0. The Morgan fingerprint density at radius 1 is 1.30 bits per heavy atom. The van der Waals surface area contributed by atoms with Gasteiger partial charge in [0.25, 0.3) is 0 Å². The van der Waals surface area contributed by atoms with Crippen LogP contribution in [0.15, 0.2) is 22.8 Å². The van der Waals surface area contributed by atoms with Crippen molar-refractivity contribution < 1.29 is 4.42 Å². The maximum Gasteiger partial charge on any atom is 0.240 e. The molecule has 6 heteroatoms. The number of hydrogen-bond acceptors (Lipinski definition) is 5. The number of nitrogens with one attached hydrogen (secondary N) is 1. The Hall–Kier alpha value is -1.69. The van der Waals surface area contributed by atoms with Gasteiger partial charge in [0.15, 0.2) is 5.76 Å². The standard InChI is InChI=1S/C14H21N5O/c1-2-6-12(7-3-1)15-9-5-10-19-17-14(16-18-19)13-8-4-11-20-13/h4,8,11-12,15H,1-3,5-7,9-10H2.